The number of carbonyl (C=O) groups is 2. The molecule has 1 heterocycles. The lowest BCUT2D eigenvalue weighted by Gasteiger charge is -2.36. The molecule has 1 aliphatic rings. The van der Waals surface area contributed by atoms with Gasteiger partial charge in [-0.05, 0) is 36.8 Å². The molecule has 0 aromatic heterocycles. The predicted molar refractivity (Wildman–Crippen MR) is 112 cm³/mol. The molecule has 1 fully saturated rings. The molecular weight excluding hydrogens is 392 g/mol. The third-order valence-corrected chi connectivity index (χ3v) is 5.03. The number of nitrogens with zero attached hydrogens (tertiary/aromatic N) is 2. The predicted octanol–water partition coefficient (Wildman–Crippen LogP) is 3.39. The maximum atomic E-state index is 12.4. The summed E-state index contributed by atoms with van der Waals surface area (Å²) in [6.45, 7) is 4.11. The Labute approximate surface area is 176 Å². The van der Waals surface area contributed by atoms with Gasteiger partial charge >= 0.3 is 5.97 Å². The molecule has 0 N–H and O–H groups in total. The van der Waals surface area contributed by atoms with Crippen molar-refractivity contribution in [2.75, 3.05) is 37.7 Å². The lowest BCUT2D eigenvalue weighted by Crippen LogP contribution is -2.50. The highest BCUT2D eigenvalue weighted by molar-refractivity contribution is 6.30. The van der Waals surface area contributed by atoms with Crippen molar-refractivity contribution in [2.24, 2.45) is 0 Å². The number of hydrogen-bond acceptors (Lipinski definition) is 5. The molecule has 6 nitrogen and oxygen atoms in total. The summed E-state index contributed by atoms with van der Waals surface area (Å²) < 4.78 is 10.9. The first-order chi connectivity index (χ1) is 14.1. The average Bonchev–Trinajstić information content (AvgIpc) is 2.76. The number of benzene rings is 2. The smallest absolute Gasteiger partial charge is 0.347 e. The van der Waals surface area contributed by atoms with Crippen LogP contribution in [0.4, 0.5) is 5.69 Å². The number of amides is 1. The zero-order valence-corrected chi connectivity index (χ0v) is 17.2. The number of anilines is 1. The average molecular weight is 417 g/mol. The Hall–Kier alpha value is -2.73. The minimum absolute atomic E-state index is 0.196. The number of carbonyl (C=O) groups excluding carboxylic acids is 2. The molecule has 0 unspecified atom stereocenters. The molecule has 1 atom stereocenters. The second kappa shape index (κ2) is 10.2. The van der Waals surface area contributed by atoms with Crippen LogP contribution in [-0.2, 0) is 14.3 Å². The zero-order valence-electron chi connectivity index (χ0n) is 16.4. The van der Waals surface area contributed by atoms with Crippen LogP contribution >= 0.6 is 11.6 Å². The van der Waals surface area contributed by atoms with Crippen molar-refractivity contribution in [1.82, 2.24) is 4.90 Å². The Morgan fingerprint density at radius 1 is 1.03 bits per heavy atom. The van der Waals surface area contributed by atoms with Crippen LogP contribution in [0.25, 0.3) is 0 Å². The van der Waals surface area contributed by atoms with Crippen LogP contribution < -0.4 is 9.64 Å². The Kier molecular flexibility index (Phi) is 7.36. The fraction of sp³-hybridized carbons (Fsp3) is 0.364. The highest BCUT2D eigenvalue weighted by Gasteiger charge is 2.25. The van der Waals surface area contributed by atoms with E-state index in [0.717, 1.165) is 5.69 Å². The number of rotatable bonds is 7. The van der Waals surface area contributed by atoms with Gasteiger partial charge in [0.15, 0.2) is 12.7 Å². The van der Waals surface area contributed by atoms with Crippen molar-refractivity contribution in [1.29, 1.82) is 0 Å². The van der Waals surface area contributed by atoms with Crippen LogP contribution in [0, 0.1) is 0 Å². The van der Waals surface area contributed by atoms with Gasteiger partial charge in [-0.25, -0.2) is 4.79 Å². The van der Waals surface area contributed by atoms with E-state index in [2.05, 4.69) is 4.90 Å². The summed E-state index contributed by atoms with van der Waals surface area (Å²) in [6.07, 6.45) is -0.273. The maximum Gasteiger partial charge on any atom is 0.347 e. The molecule has 2 aromatic rings. The van der Waals surface area contributed by atoms with Crippen LogP contribution in [0.3, 0.4) is 0 Å². The first-order valence-electron chi connectivity index (χ1n) is 9.73. The lowest BCUT2D eigenvalue weighted by atomic mass is 10.2. The molecular formula is C22H25ClN2O4. The number of para-hydroxylation sites is 1. The van der Waals surface area contributed by atoms with Crippen molar-refractivity contribution in [3.63, 3.8) is 0 Å². The summed E-state index contributed by atoms with van der Waals surface area (Å²) >= 11 is 6.05. The fourth-order valence-corrected chi connectivity index (χ4v) is 3.35. The van der Waals surface area contributed by atoms with Gasteiger partial charge in [0.2, 0.25) is 0 Å². The van der Waals surface area contributed by atoms with Gasteiger partial charge in [-0.1, -0.05) is 42.8 Å². The van der Waals surface area contributed by atoms with E-state index in [4.69, 9.17) is 21.1 Å². The number of esters is 1. The summed E-state index contributed by atoms with van der Waals surface area (Å²) in [5.74, 6) is -0.124. The number of hydrogen-bond donors (Lipinski definition) is 0. The van der Waals surface area contributed by atoms with Gasteiger partial charge in [0.05, 0.1) is 0 Å². The van der Waals surface area contributed by atoms with Gasteiger partial charge in [-0.15, -0.1) is 0 Å². The number of ether oxygens (including phenoxy) is 2. The summed E-state index contributed by atoms with van der Waals surface area (Å²) in [4.78, 5) is 28.6. The van der Waals surface area contributed by atoms with Crippen molar-refractivity contribution >= 4 is 29.2 Å². The van der Waals surface area contributed by atoms with E-state index in [-0.39, 0.29) is 12.5 Å². The van der Waals surface area contributed by atoms with Crippen molar-refractivity contribution in [3.8, 4) is 5.75 Å². The molecule has 0 spiro atoms. The first kappa shape index (κ1) is 21.0. The maximum absolute atomic E-state index is 12.4. The summed E-state index contributed by atoms with van der Waals surface area (Å²) in [6, 6.07) is 16.8. The van der Waals surface area contributed by atoms with E-state index in [1.807, 2.05) is 49.4 Å². The van der Waals surface area contributed by atoms with E-state index < -0.39 is 12.1 Å². The second-order valence-electron chi connectivity index (χ2n) is 6.78. The third kappa shape index (κ3) is 5.87. The monoisotopic (exact) mass is 416 g/mol. The molecule has 7 heteroatoms. The molecule has 1 saturated heterocycles. The van der Waals surface area contributed by atoms with Crippen LogP contribution in [0.15, 0.2) is 54.6 Å². The molecule has 0 bridgehead atoms. The van der Waals surface area contributed by atoms with Crippen molar-refractivity contribution < 1.29 is 19.1 Å². The van der Waals surface area contributed by atoms with E-state index >= 15 is 0 Å². The molecule has 3 rings (SSSR count). The van der Waals surface area contributed by atoms with Gasteiger partial charge in [-0.2, -0.15) is 0 Å². The second-order valence-corrected chi connectivity index (χ2v) is 7.22. The van der Waals surface area contributed by atoms with Crippen LogP contribution in [0.5, 0.6) is 5.75 Å². The van der Waals surface area contributed by atoms with E-state index in [0.29, 0.717) is 43.4 Å². The van der Waals surface area contributed by atoms with E-state index in [1.165, 1.54) is 0 Å². The molecule has 154 valence electrons. The molecule has 1 aliphatic heterocycles. The van der Waals surface area contributed by atoms with E-state index in [1.54, 1.807) is 17.0 Å². The largest absolute Gasteiger partial charge is 0.479 e. The Bertz CT molecular complexity index is 823. The van der Waals surface area contributed by atoms with Gasteiger partial charge in [-0.3, -0.25) is 4.79 Å². The molecule has 0 radical (unpaired) electrons. The van der Waals surface area contributed by atoms with Crippen LogP contribution in [-0.4, -0.2) is 55.7 Å². The molecule has 1 amide bonds. The highest BCUT2D eigenvalue weighted by atomic mass is 35.5. The molecule has 0 aliphatic carbocycles. The minimum atomic E-state index is -0.732. The summed E-state index contributed by atoms with van der Waals surface area (Å²) in [5, 5.41) is 0.691. The number of halogens is 1. The number of piperazine rings is 1. The van der Waals surface area contributed by atoms with Gasteiger partial charge in [0.25, 0.3) is 5.91 Å². The standard InChI is InChI=1S/C22H25ClN2O4/c1-2-20(29-19-9-4-3-5-10-19)22(27)28-16-21(26)25-13-11-24(12-14-25)18-8-6-7-17(23)15-18/h3-10,15,20H,2,11-14,16H2,1H3/t20-/m1/s1. The van der Waals surface area contributed by atoms with Crippen LogP contribution in [0.1, 0.15) is 13.3 Å². The summed E-state index contributed by atoms with van der Waals surface area (Å²) in [7, 11) is 0. The molecule has 0 saturated carbocycles. The van der Waals surface area contributed by atoms with Crippen molar-refractivity contribution in [3.05, 3.63) is 59.6 Å². The Morgan fingerprint density at radius 3 is 2.41 bits per heavy atom. The zero-order chi connectivity index (χ0) is 20.6. The highest BCUT2D eigenvalue weighted by Crippen LogP contribution is 2.21. The fourth-order valence-electron chi connectivity index (χ4n) is 3.17. The quantitative estimate of drug-likeness (QED) is 0.647. The SMILES string of the molecule is CC[C@@H](Oc1ccccc1)C(=O)OCC(=O)N1CCN(c2cccc(Cl)c2)CC1. The van der Waals surface area contributed by atoms with Gasteiger partial charge in [0.1, 0.15) is 5.75 Å². The Balaban J connectivity index is 1.45. The Morgan fingerprint density at radius 2 is 1.76 bits per heavy atom. The minimum Gasteiger partial charge on any atom is -0.479 e. The topological polar surface area (TPSA) is 59.1 Å². The molecule has 2 aromatic carbocycles. The van der Waals surface area contributed by atoms with E-state index in [9.17, 15) is 9.59 Å². The van der Waals surface area contributed by atoms with Crippen molar-refractivity contribution in [2.45, 2.75) is 19.4 Å². The van der Waals surface area contributed by atoms with Gasteiger partial charge in [0, 0.05) is 36.9 Å². The first-order valence-corrected chi connectivity index (χ1v) is 10.1. The normalized spacial score (nSPS) is 15.0. The third-order valence-electron chi connectivity index (χ3n) is 4.80. The summed E-state index contributed by atoms with van der Waals surface area (Å²) in [5.41, 5.74) is 1.04. The van der Waals surface area contributed by atoms with Gasteiger partial charge < -0.3 is 19.3 Å². The lowest BCUT2D eigenvalue weighted by molar-refractivity contribution is -0.158. The van der Waals surface area contributed by atoms with Crippen LogP contribution in [0.2, 0.25) is 5.02 Å². The molecule has 29 heavy (non-hydrogen) atoms.